The third-order valence-electron chi connectivity index (χ3n) is 1.61. The van der Waals surface area contributed by atoms with Crippen LogP contribution in [0, 0.1) is 6.92 Å². The summed E-state index contributed by atoms with van der Waals surface area (Å²) in [7, 11) is 0. The molecule has 0 aromatic heterocycles. The second-order valence-electron chi connectivity index (χ2n) is 2.80. The van der Waals surface area contributed by atoms with E-state index in [1.165, 1.54) is 5.56 Å². The van der Waals surface area contributed by atoms with E-state index in [-0.39, 0.29) is 6.61 Å². The highest BCUT2D eigenvalue weighted by atomic mass is 16.3. The molecule has 3 heteroatoms. The summed E-state index contributed by atoms with van der Waals surface area (Å²) in [6.07, 6.45) is 1.73. The Hall–Kier alpha value is -1.35. The number of aryl methyl sites for hydroxylation is 1. The Labute approximate surface area is 78.1 Å². The van der Waals surface area contributed by atoms with Crippen LogP contribution in [0.15, 0.2) is 29.4 Å². The molecule has 0 aliphatic carbocycles. The van der Waals surface area contributed by atoms with Gasteiger partial charge in [0.05, 0.1) is 19.4 Å². The van der Waals surface area contributed by atoms with Crippen molar-refractivity contribution in [1.82, 2.24) is 5.43 Å². The van der Waals surface area contributed by atoms with E-state index < -0.39 is 0 Å². The SMILES string of the molecule is Cc1ccc(/C=N\NCCO)cc1. The van der Waals surface area contributed by atoms with Crippen molar-refractivity contribution in [1.29, 1.82) is 0 Å². The van der Waals surface area contributed by atoms with E-state index in [1.54, 1.807) is 6.21 Å². The van der Waals surface area contributed by atoms with Crippen LogP contribution >= 0.6 is 0 Å². The van der Waals surface area contributed by atoms with Crippen molar-refractivity contribution >= 4 is 6.21 Å². The number of rotatable bonds is 4. The highest BCUT2D eigenvalue weighted by Crippen LogP contribution is 1.99. The van der Waals surface area contributed by atoms with Crippen molar-refractivity contribution in [3.8, 4) is 0 Å². The molecule has 0 aliphatic rings. The minimum atomic E-state index is 0.102. The van der Waals surface area contributed by atoms with Gasteiger partial charge in [-0.3, -0.25) is 0 Å². The number of hydrogen-bond donors (Lipinski definition) is 2. The number of benzene rings is 1. The van der Waals surface area contributed by atoms with Gasteiger partial charge in [-0.05, 0) is 12.5 Å². The summed E-state index contributed by atoms with van der Waals surface area (Å²) in [4.78, 5) is 0. The van der Waals surface area contributed by atoms with Crippen molar-refractivity contribution in [3.63, 3.8) is 0 Å². The van der Waals surface area contributed by atoms with Crippen molar-refractivity contribution < 1.29 is 5.11 Å². The molecule has 13 heavy (non-hydrogen) atoms. The van der Waals surface area contributed by atoms with Crippen LogP contribution < -0.4 is 5.43 Å². The first-order chi connectivity index (χ1) is 6.33. The first-order valence-corrected chi connectivity index (χ1v) is 4.26. The molecular formula is C10H14N2O. The van der Waals surface area contributed by atoms with Crippen molar-refractivity contribution in [3.05, 3.63) is 35.4 Å². The lowest BCUT2D eigenvalue weighted by Crippen LogP contribution is -2.11. The number of hydrazone groups is 1. The smallest absolute Gasteiger partial charge is 0.0620 e. The first-order valence-electron chi connectivity index (χ1n) is 4.26. The maximum Gasteiger partial charge on any atom is 0.0620 e. The maximum absolute atomic E-state index is 8.46. The fourth-order valence-electron chi connectivity index (χ4n) is 0.887. The predicted octanol–water partition coefficient (Wildman–Crippen LogP) is 0.911. The van der Waals surface area contributed by atoms with E-state index in [0.717, 1.165) is 5.56 Å². The number of hydrogen-bond acceptors (Lipinski definition) is 3. The predicted molar refractivity (Wildman–Crippen MR) is 53.9 cm³/mol. The third kappa shape index (κ3) is 3.71. The van der Waals surface area contributed by atoms with E-state index >= 15 is 0 Å². The van der Waals surface area contributed by atoms with Crippen LogP contribution in [-0.4, -0.2) is 24.5 Å². The molecule has 1 aromatic rings. The Morgan fingerprint density at radius 2 is 2.08 bits per heavy atom. The van der Waals surface area contributed by atoms with Crippen LogP contribution in [0.5, 0.6) is 0 Å². The second-order valence-corrected chi connectivity index (χ2v) is 2.80. The van der Waals surface area contributed by atoms with E-state index in [9.17, 15) is 0 Å². The van der Waals surface area contributed by atoms with Crippen LogP contribution in [0.25, 0.3) is 0 Å². The van der Waals surface area contributed by atoms with Crippen LogP contribution in [0.1, 0.15) is 11.1 Å². The number of aliphatic hydroxyl groups excluding tert-OH is 1. The molecule has 70 valence electrons. The molecule has 3 nitrogen and oxygen atoms in total. The molecule has 2 N–H and O–H groups in total. The summed E-state index contributed by atoms with van der Waals surface area (Å²) >= 11 is 0. The molecule has 0 atom stereocenters. The van der Waals surface area contributed by atoms with Crippen molar-refractivity contribution in [2.75, 3.05) is 13.2 Å². The third-order valence-corrected chi connectivity index (χ3v) is 1.61. The largest absolute Gasteiger partial charge is 0.394 e. The minimum absolute atomic E-state index is 0.102. The molecule has 0 spiro atoms. The zero-order chi connectivity index (χ0) is 9.52. The van der Waals surface area contributed by atoms with E-state index in [2.05, 4.69) is 10.5 Å². The Morgan fingerprint density at radius 3 is 2.69 bits per heavy atom. The van der Waals surface area contributed by atoms with Gasteiger partial charge in [0.1, 0.15) is 0 Å². The van der Waals surface area contributed by atoms with Crippen LogP contribution in [0.2, 0.25) is 0 Å². The highest BCUT2D eigenvalue weighted by molar-refractivity contribution is 5.79. The summed E-state index contributed by atoms with van der Waals surface area (Å²) in [6.45, 7) is 2.64. The van der Waals surface area contributed by atoms with Gasteiger partial charge < -0.3 is 10.5 Å². The molecule has 0 aliphatic heterocycles. The Kier molecular flexibility index (Phi) is 3.99. The van der Waals surface area contributed by atoms with Crippen molar-refractivity contribution in [2.45, 2.75) is 6.92 Å². The topological polar surface area (TPSA) is 44.6 Å². The number of aliphatic hydroxyl groups is 1. The lowest BCUT2D eigenvalue weighted by molar-refractivity contribution is 0.294. The minimum Gasteiger partial charge on any atom is -0.394 e. The van der Waals surface area contributed by atoms with Gasteiger partial charge in [-0.1, -0.05) is 29.8 Å². The number of nitrogens with one attached hydrogen (secondary N) is 1. The Balaban J connectivity index is 2.44. The molecule has 0 heterocycles. The molecular weight excluding hydrogens is 164 g/mol. The molecule has 1 rings (SSSR count). The summed E-state index contributed by atoms with van der Waals surface area (Å²) in [5, 5.41) is 12.4. The zero-order valence-corrected chi connectivity index (χ0v) is 7.70. The number of nitrogens with zero attached hydrogens (tertiary/aromatic N) is 1. The Bertz CT molecular complexity index is 267. The summed E-state index contributed by atoms with van der Waals surface area (Å²) < 4.78 is 0. The fraction of sp³-hybridized carbons (Fsp3) is 0.300. The molecule has 1 aromatic carbocycles. The maximum atomic E-state index is 8.46. The fourth-order valence-corrected chi connectivity index (χ4v) is 0.887. The lowest BCUT2D eigenvalue weighted by atomic mass is 10.2. The summed E-state index contributed by atoms with van der Waals surface area (Å²) in [5.41, 5.74) is 5.01. The first kappa shape index (κ1) is 9.74. The molecule has 0 radical (unpaired) electrons. The molecule has 0 unspecified atom stereocenters. The summed E-state index contributed by atoms with van der Waals surface area (Å²) in [6, 6.07) is 8.07. The van der Waals surface area contributed by atoms with Crippen LogP contribution in [0.4, 0.5) is 0 Å². The van der Waals surface area contributed by atoms with Gasteiger partial charge in [0, 0.05) is 0 Å². The van der Waals surface area contributed by atoms with Gasteiger partial charge in [-0.15, -0.1) is 0 Å². The molecule has 0 saturated carbocycles. The van der Waals surface area contributed by atoms with Crippen LogP contribution in [-0.2, 0) is 0 Å². The van der Waals surface area contributed by atoms with Gasteiger partial charge in [0.25, 0.3) is 0 Å². The van der Waals surface area contributed by atoms with E-state index in [1.807, 2.05) is 31.2 Å². The normalized spacial score (nSPS) is 10.6. The standard InChI is InChI=1S/C10H14N2O/c1-9-2-4-10(5-3-9)8-12-11-6-7-13/h2-5,8,11,13H,6-7H2,1H3/b12-8-. The van der Waals surface area contributed by atoms with Crippen LogP contribution in [0.3, 0.4) is 0 Å². The van der Waals surface area contributed by atoms with Gasteiger partial charge >= 0.3 is 0 Å². The molecule has 0 bridgehead atoms. The van der Waals surface area contributed by atoms with Crippen molar-refractivity contribution in [2.24, 2.45) is 5.10 Å². The zero-order valence-electron chi connectivity index (χ0n) is 7.70. The van der Waals surface area contributed by atoms with Gasteiger partial charge in [-0.25, -0.2) is 0 Å². The average Bonchev–Trinajstić information content (AvgIpc) is 2.15. The molecule has 0 saturated heterocycles. The van der Waals surface area contributed by atoms with Gasteiger partial charge in [0.2, 0.25) is 0 Å². The highest BCUT2D eigenvalue weighted by Gasteiger charge is 1.85. The molecule has 0 amide bonds. The van der Waals surface area contributed by atoms with Gasteiger partial charge in [0.15, 0.2) is 0 Å². The summed E-state index contributed by atoms with van der Waals surface area (Å²) in [5.74, 6) is 0. The average molecular weight is 178 g/mol. The van der Waals surface area contributed by atoms with E-state index in [0.29, 0.717) is 6.54 Å². The second kappa shape index (κ2) is 5.32. The van der Waals surface area contributed by atoms with E-state index in [4.69, 9.17) is 5.11 Å². The van der Waals surface area contributed by atoms with Gasteiger partial charge in [-0.2, -0.15) is 5.10 Å². The Morgan fingerprint density at radius 1 is 1.38 bits per heavy atom. The lowest BCUT2D eigenvalue weighted by Gasteiger charge is -1.96. The molecule has 0 fully saturated rings. The quantitative estimate of drug-likeness (QED) is 0.409. The monoisotopic (exact) mass is 178 g/mol.